The SMILES string of the molecule is c1ccc(CNCc2ccc(CNc3cccc4c3NCCC4)cc2)nc1. The fourth-order valence-corrected chi connectivity index (χ4v) is 3.47. The average Bonchev–Trinajstić information content (AvgIpc) is 2.74. The van der Waals surface area contributed by atoms with Crippen LogP contribution in [0.4, 0.5) is 11.4 Å². The van der Waals surface area contributed by atoms with E-state index < -0.39 is 0 Å². The van der Waals surface area contributed by atoms with Crippen molar-refractivity contribution in [1.82, 2.24) is 10.3 Å². The molecule has 4 heteroatoms. The van der Waals surface area contributed by atoms with Gasteiger partial charge in [0.15, 0.2) is 0 Å². The van der Waals surface area contributed by atoms with E-state index in [0.29, 0.717) is 0 Å². The highest BCUT2D eigenvalue weighted by molar-refractivity contribution is 5.73. The lowest BCUT2D eigenvalue weighted by Crippen LogP contribution is -2.14. The number of nitrogens with zero attached hydrogens (tertiary/aromatic N) is 1. The van der Waals surface area contributed by atoms with Crippen molar-refractivity contribution in [1.29, 1.82) is 0 Å². The molecule has 1 aromatic heterocycles. The van der Waals surface area contributed by atoms with E-state index in [-0.39, 0.29) is 0 Å². The zero-order valence-corrected chi connectivity index (χ0v) is 15.5. The van der Waals surface area contributed by atoms with Gasteiger partial charge < -0.3 is 16.0 Å². The van der Waals surface area contributed by atoms with Gasteiger partial charge in [-0.25, -0.2) is 0 Å². The van der Waals surface area contributed by atoms with E-state index in [2.05, 4.69) is 63.4 Å². The summed E-state index contributed by atoms with van der Waals surface area (Å²) < 4.78 is 0. The molecule has 0 aliphatic carbocycles. The van der Waals surface area contributed by atoms with Crippen molar-refractivity contribution in [3.05, 3.63) is 89.2 Å². The molecule has 0 atom stereocenters. The molecule has 1 aliphatic rings. The minimum Gasteiger partial charge on any atom is -0.383 e. The van der Waals surface area contributed by atoms with Gasteiger partial charge in [0.1, 0.15) is 0 Å². The van der Waals surface area contributed by atoms with Gasteiger partial charge in [0.25, 0.3) is 0 Å². The van der Waals surface area contributed by atoms with Crippen LogP contribution in [0.2, 0.25) is 0 Å². The molecule has 1 aliphatic heterocycles. The second-order valence-corrected chi connectivity index (χ2v) is 6.96. The Hall–Kier alpha value is -2.85. The van der Waals surface area contributed by atoms with Crippen molar-refractivity contribution in [3.63, 3.8) is 0 Å². The van der Waals surface area contributed by atoms with Gasteiger partial charge in [0.2, 0.25) is 0 Å². The average molecular weight is 358 g/mol. The monoisotopic (exact) mass is 358 g/mol. The number of benzene rings is 2. The normalized spacial score (nSPS) is 12.9. The minimum absolute atomic E-state index is 0.788. The topological polar surface area (TPSA) is 49.0 Å². The molecule has 0 bridgehead atoms. The van der Waals surface area contributed by atoms with Gasteiger partial charge in [-0.15, -0.1) is 0 Å². The lowest BCUT2D eigenvalue weighted by atomic mass is 10.0. The second kappa shape index (κ2) is 8.69. The quantitative estimate of drug-likeness (QED) is 0.588. The lowest BCUT2D eigenvalue weighted by molar-refractivity contribution is 0.679. The maximum Gasteiger partial charge on any atom is 0.0608 e. The predicted molar refractivity (Wildman–Crippen MR) is 112 cm³/mol. The number of pyridine rings is 1. The van der Waals surface area contributed by atoms with Crippen LogP contribution >= 0.6 is 0 Å². The number of nitrogens with one attached hydrogen (secondary N) is 3. The molecular weight excluding hydrogens is 332 g/mol. The lowest BCUT2D eigenvalue weighted by Gasteiger charge is -2.22. The molecule has 3 N–H and O–H groups in total. The second-order valence-electron chi connectivity index (χ2n) is 6.96. The molecule has 2 aromatic carbocycles. The highest BCUT2D eigenvalue weighted by Crippen LogP contribution is 2.30. The van der Waals surface area contributed by atoms with Crippen molar-refractivity contribution in [3.8, 4) is 0 Å². The number of hydrogen-bond acceptors (Lipinski definition) is 4. The number of aromatic nitrogens is 1. The van der Waals surface area contributed by atoms with Crippen LogP contribution in [0, 0.1) is 0 Å². The molecule has 0 spiro atoms. The Morgan fingerprint density at radius 3 is 2.52 bits per heavy atom. The first-order valence-corrected chi connectivity index (χ1v) is 9.66. The van der Waals surface area contributed by atoms with Gasteiger partial charge in [-0.3, -0.25) is 4.98 Å². The Balaban J connectivity index is 1.29. The third kappa shape index (κ3) is 4.66. The molecule has 0 saturated carbocycles. The van der Waals surface area contributed by atoms with E-state index >= 15 is 0 Å². The molecule has 27 heavy (non-hydrogen) atoms. The first kappa shape index (κ1) is 17.6. The largest absolute Gasteiger partial charge is 0.383 e. The summed E-state index contributed by atoms with van der Waals surface area (Å²) in [5, 5.41) is 10.6. The van der Waals surface area contributed by atoms with E-state index in [0.717, 1.165) is 38.3 Å². The van der Waals surface area contributed by atoms with Crippen molar-refractivity contribution in [2.45, 2.75) is 32.5 Å². The summed E-state index contributed by atoms with van der Waals surface area (Å²) >= 11 is 0. The molecule has 4 rings (SSSR count). The van der Waals surface area contributed by atoms with Crippen LogP contribution in [-0.4, -0.2) is 11.5 Å². The summed E-state index contributed by atoms with van der Waals surface area (Å²) in [4.78, 5) is 4.33. The van der Waals surface area contributed by atoms with Gasteiger partial charge in [-0.05, 0) is 47.7 Å². The number of anilines is 2. The smallest absolute Gasteiger partial charge is 0.0608 e. The van der Waals surface area contributed by atoms with Crippen molar-refractivity contribution >= 4 is 11.4 Å². The summed E-state index contributed by atoms with van der Waals surface area (Å²) in [6, 6.07) is 21.3. The van der Waals surface area contributed by atoms with Crippen LogP contribution in [0.25, 0.3) is 0 Å². The molecule has 0 amide bonds. The van der Waals surface area contributed by atoms with Crippen LogP contribution in [0.1, 0.15) is 28.8 Å². The van der Waals surface area contributed by atoms with Crippen LogP contribution in [-0.2, 0) is 26.1 Å². The number of hydrogen-bond donors (Lipinski definition) is 3. The third-order valence-corrected chi connectivity index (χ3v) is 4.94. The molecule has 0 radical (unpaired) electrons. The summed E-state index contributed by atoms with van der Waals surface area (Å²) in [6.45, 7) is 3.53. The molecular formula is C23H26N4. The van der Waals surface area contributed by atoms with Crippen LogP contribution in [0.5, 0.6) is 0 Å². The summed E-state index contributed by atoms with van der Waals surface area (Å²) in [5.41, 5.74) is 7.54. The Kier molecular flexibility index (Phi) is 5.65. The van der Waals surface area contributed by atoms with E-state index in [4.69, 9.17) is 0 Å². The Labute approximate surface area is 161 Å². The molecule has 138 valence electrons. The predicted octanol–water partition coefficient (Wildman–Crippen LogP) is 4.34. The molecule has 3 aromatic rings. The number of rotatable bonds is 7. The van der Waals surface area contributed by atoms with Crippen molar-refractivity contribution in [2.75, 3.05) is 17.2 Å². The Morgan fingerprint density at radius 1 is 0.852 bits per heavy atom. The van der Waals surface area contributed by atoms with Crippen molar-refractivity contribution < 1.29 is 0 Å². The molecule has 0 fully saturated rings. The summed E-state index contributed by atoms with van der Waals surface area (Å²) in [7, 11) is 0. The van der Waals surface area contributed by atoms with Crippen LogP contribution in [0.15, 0.2) is 66.9 Å². The van der Waals surface area contributed by atoms with Gasteiger partial charge in [-0.2, -0.15) is 0 Å². The van der Waals surface area contributed by atoms with E-state index in [9.17, 15) is 0 Å². The molecule has 4 nitrogen and oxygen atoms in total. The van der Waals surface area contributed by atoms with Gasteiger partial charge in [0.05, 0.1) is 17.1 Å². The third-order valence-electron chi connectivity index (χ3n) is 4.94. The summed E-state index contributed by atoms with van der Waals surface area (Å²) in [6.07, 6.45) is 4.21. The maximum atomic E-state index is 4.33. The Morgan fingerprint density at radius 2 is 1.70 bits per heavy atom. The fourth-order valence-electron chi connectivity index (χ4n) is 3.47. The first-order valence-electron chi connectivity index (χ1n) is 9.66. The number of aryl methyl sites for hydroxylation is 1. The molecule has 0 unspecified atom stereocenters. The van der Waals surface area contributed by atoms with Crippen molar-refractivity contribution in [2.24, 2.45) is 0 Å². The van der Waals surface area contributed by atoms with Gasteiger partial charge >= 0.3 is 0 Å². The Bertz CT molecular complexity index is 859. The van der Waals surface area contributed by atoms with Crippen LogP contribution < -0.4 is 16.0 Å². The molecule has 0 saturated heterocycles. The zero-order chi connectivity index (χ0) is 18.3. The fraction of sp³-hybridized carbons (Fsp3) is 0.261. The van der Waals surface area contributed by atoms with E-state index in [1.807, 2.05) is 24.4 Å². The minimum atomic E-state index is 0.788. The highest BCUT2D eigenvalue weighted by Gasteiger charge is 2.11. The number of para-hydroxylation sites is 1. The van der Waals surface area contributed by atoms with E-state index in [1.165, 1.54) is 34.5 Å². The maximum absolute atomic E-state index is 4.33. The summed E-state index contributed by atoms with van der Waals surface area (Å²) in [5.74, 6) is 0. The molecule has 2 heterocycles. The van der Waals surface area contributed by atoms with Gasteiger partial charge in [0, 0.05) is 32.4 Å². The van der Waals surface area contributed by atoms with Gasteiger partial charge in [-0.1, -0.05) is 42.5 Å². The highest BCUT2D eigenvalue weighted by atomic mass is 15.0. The van der Waals surface area contributed by atoms with E-state index in [1.54, 1.807) is 0 Å². The number of fused-ring (bicyclic) bond motifs is 1. The standard InChI is InChI=1S/C23H26N4/c1-2-13-25-21(7-1)17-24-15-18-9-11-19(12-10-18)16-27-22-8-3-5-20-6-4-14-26-23(20)22/h1-3,5,7-13,24,26-27H,4,6,14-17H2. The van der Waals surface area contributed by atoms with Crippen LogP contribution in [0.3, 0.4) is 0 Å². The first-order chi connectivity index (χ1) is 13.4. The zero-order valence-electron chi connectivity index (χ0n) is 15.5.